The highest BCUT2D eigenvalue weighted by molar-refractivity contribution is 5.71. The number of carbonyl (C=O) groups is 1. The van der Waals surface area contributed by atoms with E-state index in [-0.39, 0.29) is 11.9 Å². The van der Waals surface area contributed by atoms with E-state index in [1.54, 1.807) is 0 Å². The monoisotopic (exact) mass is 240 g/mol. The molecule has 17 heavy (non-hydrogen) atoms. The van der Waals surface area contributed by atoms with E-state index in [9.17, 15) is 4.79 Å². The fourth-order valence-electron chi connectivity index (χ4n) is 0.902. The van der Waals surface area contributed by atoms with Gasteiger partial charge in [-0.1, -0.05) is 51.5 Å². The maximum atomic E-state index is 10.8. The first-order valence-electron chi connectivity index (χ1n) is 6.48. The summed E-state index contributed by atoms with van der Waals surface area (Å²) in [5.41, 5.74) is 1.14. The van der Waals surface area contributed by atoms with Crippen LogP contribution in [0.25, 0.3) is 0 Å². The molecule has 0 heterocycles. The topological polar surface area (TPSA) is 26.3 Å². The van der Waals surface area contributed by atoms with E-state index in [0.29, 0.717) is 6.61 Å². The standard InChI is InChI=1S/C8H14.C7H14O2/c1-4-5-6-7-8(2)3;1-4-6(3)7(8)9-5-2/h6-7H,2,4-5H2,1,3H3;6H,4-5H2,1-3H3/b7-6-;. The van der Waals surface area contributed by atoms with Crippen LogP contribution in [0, 0.1) is 5.92 Å². The zero-order valence-corrected chi connectivity index (χ0v) is 12.1. The number of unbranched alkanes of at least 4 members (excludes halogenated alkanes) is 1. The summed E-state index contributed by atoms with van der Waals surface area (Å²) in [6.45, 7) is 14.1. The van der Waals surface area contributed by atoms with Crippen molar-refractivity contribution in [3.8, 4) is 0 Å². The molecule has 0 rings (SSSR count). The predicted octanol–water partition coefficient (Wildman–Crippen LogP) is 4.51. The zero-order chi connectivity index (χ0) is 13.7. The fraction of sp³-hybridized carbons (Fsp3) is 0.667. The number of ether oxygens (including phenoxy) is 1. The molecule has 1 atom stereocenters. The van der Waals surface area contributed by atoms with Gasteiger partial charge in [0, 0.05) is 0 Å². The largest absolute Gasteiger partial charge is 0.466 e. The minimum atomic E-state index is -0.0833. The van der Waals surface area contributed by atoms with E-state index in [2.05, 4.69) is 25.7 Å². The van der Waals surface area contributed by atoms with Crippen molar-refractivity contribution in [3.63, 3.8) is 0 Å². The maximum absolute atomic E-state index is 10.8. The number of allylic oxidation sites excluding steroid dienone is 3. The summed E-state index contributed by atoms with van der Waals surface area (Å²) in [4.78, 5) is 10.8. The van der Waals surface area contributed by atoms with Crippen molar-refractivity contribution in [3.05, 3.63) is 24.3 Å². The Balaban J connectivity index is 0. The van der Waals surface area contributed by atoms with Crippen molar-refractivity contribution in [2.24, 2.45) is 5.92 Å². The van der Waals surface area contributed by atoms with Crippen molar-refractivity contribution in [2.75, 3.05) is 6.61 Å². The lowest BCUT2D eigenvalue weighted by Crippen LogP contribution is -2.13. The van der Waals surface area contributed by atoms with Crippen molar-refractivity contribution >= 4 is 5.97 Å². The first-order chi connectivity index (χ1) is 7.99. The molecule has 100 valence electrons. The van der Waals surface area contributed by atoms with Gasteiger partial charge in [-0.3, -0.25) is 4.79 Å². The van der Waals surface area contributed by atoms with E-state index in [0.717, 1.165) is 12.0 Å². The zero-order valence-electron chi connectivity index (χ0n) is 12.1. The molecule has 0 bridgehead atoms. The number of hydrogen-bond acceptors (Lipinski definition) is 2. The summed E-state index contributed by atoms with van der Waals surface area (Å²) >= 11 is 0. The Kier molecular flexibility index (Phi) is 14.0. The normalized spacial score (nSPS) is 11.6. The Morgan fingerprint density at radius 3 is 2.29 bits per heavy atom. The second-order valence-corrected chi connectivity index (χ2v) is 4.10. The van der Waals surface area contributed by atoms with Crippen LogP contribution in [0.2, 0.25) is 0 Å². The van der Waals surface area contributed by atoms with Gasteiger partial charge >= 0.3 is 5.97 Å². The minimum Gasteiger partial charge on any atom is -0.466 e. The molecule has 0 saturated carbocycles. The van der Waals surface area contributed by atoms with Crippen molar-refractivity contribution in [2.45, 2.75) is 53.9 Å². The van der Waals surface area contributed by atoms with Gasteiger partial charge in [-0.05, 0) is 26.7 Å². The minimum absolute atomic E-state index is 0.0601. The SMILES string of the molecule is C=C(C)/C=C\CCC.CCOC(=O)C(C)CC. The van der Waals surface area contributed by atoms with Gasteiger partial charge < -0.3 is 4.74 Å². The van der Waals surface area contributed by atoms with Gasteiger partial charge in [0.25, 0.3) is 0 Å². The molecule has 0 aromatic heterocycles. The van der Waals surface area contributed by atoms with Crippen molar-refractivity contribution in [1.82, 2.24) is 0 Å². The maximum Gasteiger partial charge on any atom is 0.308 e. The molecule has 0 aliphatic heterocycles. The molecule has 0 aliphatic rings. The smallest absolute Gasteiger partial charge is 0.308 e. The average molecular weight is 240 g/mol. The Bertz CT molecular complexity index is 229. The summed E-state index contributed by atoms with van der Waals surface area (Å²) in [5, 5.41) is 0. The predicted molar refractivity (Wildman–Crippen MR) is 75.0 cm³/mol. The van der Waals surface area contributed by atoms with Gasteiger partial charge in [-0.2, -0.15) is 0 Å². The lowest BCUT2D eigenvalue weighted by atomic mass is 10.1. The van der Waals surface area contributed by atoms with E-state index < -0.39 is 0 Å². The van der Waals surface area contributed by atoms with Gasteiger partial charge in [0.15, 0.2) is 0 Å². The quantitative estimate of drug-likeness (QED) is 0.504. The lowest BCUT2D eigenvalue weighted by molar-refractivity contribution is -0.147. The average Bonchev–Trinajstić information content (AvgIpc) is 2.29. The first-order valence-corrected chi connectivity index (χ1v) is 6.48. The van der Waals surface area contributed by atoms with Crippen LogP contribution in [-0.2, 0) is 9.53 Å². The Labute approximate surface area is 107 Å². The molecule has 0 spiro atoms. The van der Waals surface area contributed by atoms with E-state index >= 15 is 0 Å². The van der Waals surface area contributed by atoms with E-state index in [1.165, 1.54) is 12.8 Å². The molecule has 0 fully saturated rings. The summed E-state index contributed by atoms with van der Waals surface area (Å²) < 4.78 is 4.76. The Hall–Kier alpha value is -1.05. The number of carbonyl (C=O) groups excluding carboxylic acids is 1. The summed E-state index contributed by atoms with van der Waals surface area (Å²) in [6, 6.07) is 0. The molecule has 0 aromatic carbocycles. The molecule has 0 radical (unpaired) electrons. The molecule has 0 saturated heterocycles. The van der Waals surface area contributed by atoms with E-state index in [1.807, 2.05) is 27.7 Å². The highest BCUT2D eigenvalue weighted by Gasteiger charge is 2.09. The highest BCUT2D eigenvalue weighted by Crippen LogP contribution is 2.02. The molecule has 0 amide bonds. The van der Waals surface area contributed by atoms with Crippen LogP contribution in [0.1, 0.15) is 53.9 Å². The van der Waals surface area contributed by atoms with Gasteiger partial charge in [0.1, 0.15) is 0 Å². The Morgan fingerprint density at radius 1 is 1.35 bits per heavy atom. The van der Waals surface area contributed by atoms with Crippen LogP contribution in [0.4, 0.5) is 0 Å². The van der Waals surface area contributed by atoms with Crippen LogP contribution in [-0.4, -0.2) is 12.6 Å². The molecule has 0 aromatic rings. The molecule has 0 N–H and O–H groups in total. The van der Waals surface area contributed by atoms with Gasteiger partial charge in [-0.15, -0.1) is 0 Å². The van der Waals surface area contributed by atoms with Crippen LogP contribution >= 0.6 is 0 Å². The third-order valence-electron chi connectivity index (χ3n) is 2.16. The summed E-state index contributed by atoms with van der Waals surface area (Å²) in [6.07, 6.45) is 7.47. The molecule has 2 heteroatoms. The van der Waals surface area contributed by atoms with Crippen LogP contribution in [0.15, 0.2) is 24.3 Å². The number of rotatable bonds is 6. The van der Waals surface area contributed by atoms with Crippen LogP contribution < -0.4 is 0 Å². The second-order valence-electron chi connectivity index (χ2n) is 4.10. The van der Waals surface area contributed by atoms with Crippen molar-refractivity contribution in [1.29, 1.82) is 0 Å². The first kappa shape index (κ1) is 18.3. The van der Waals surface area contributed by atoms with Crippen LogP contribution in [0.5, 0.6) is 0 Å². The highest BCUT2D eigenvalue weighted by atomic mass is 16.5. The third-order valence-corrected chi connectivity index (χ3v) is 2.16. The van der Waals surface area contributed by atoms with Crippen molar-refractivity contribution < 1.29 is 9.53 Å². The van der Waals surface area contributed by atoms with E-state index in [4.69, 9.17) is 4.74 Å². The summed E-state index contributed by atoms with van der Waals surface area (Å²) in [7, 11) is 0. The Morgan fingerprint density at radius 2 is 1.94 bits per heavy atom. The number of esters is 1. The third kappa shape index (κ3) is 14.9. The summed E-state index contributed by atoms with van der Waals surface area (Å²) in [5.74, 6) is -0.0232. The molecule has 1 unspecified atom stereocenters. The number of hydrogen-bond donors (Lipinski definition) is 0. The van der Waals surface area contributed by atoms with Crippen LogP contribution in [0.3, 0.4) is 0 Å². The lowest BCUT2D eigenvalue weighted by Gasteiger charge is -2.05. The molecule has 2 nitrogen and oxygen atoms in total. The molecule has 0 aliphatic carbocycles. The molecular formula is C15H28O2. The van der Waals surface area contributed by atoms with Gasteiger partial charge in [-0.25, -0.2) is 0 Å². The fourth-order valence-corrected chi connectivity index (χ4v) is 0.902. The van der Waals surface area contributed by atoms with Gasteiger partial charge in [0.05, 0.1) is 12.5 Å². The van der Waals surface area contributed by atoms with Gasteiger partial charge in [0.2, 0.25) is 0 Å². The molecular weight excluding hydrogens is 212 g/mol. The second kappa shape index (κ2) is 13.0.